The molecule has 4 heteroatoms. The van der Waals surface area contributed by atoms with E-state index in [0.717, 1.165) is 5.56 Å². The second kappa shape index (κ2) is 7.50. The number of methoxy groups -OCH3 is 1. The summed E-state index contributed by atoms with van der Waals surface area (Å²) in [5.74, 6) is 1.07. The minimum absolute atomic E-state index is 0.134. The van der Waals surface area contributed by atoms with E-state index in [2.05, 4.69) is 11.4 Å². The van der Waals surface area contributed by atoms with E-state index < -0.39 is 0 Å². The van der Waals surface area contributed by atoms with Crippen LogP contribution < -0.4 is 14.8 Å². The van der Waals surface area contributed by atoms with E-state index in [1.54, 1.807) is 25.3 Å². The van der Waals surface area contributed by atoms with Crippen LogP contribution in [0.2, 0.25) is 0 Å². The van der Waals surface area contributed by atoms with Crippen molar-refractivity contribution in [2.24, 2.45) is 0 Å². The maximum Gasteiger partial charge on any atom is 0.251 e. The zero-order valence-corrected chi connectivity index (χ0v) is 13.2. The first-order valence-corrected chi connectivity index (χ1v) is 7.28. The molecule has 2 aromatic rings. The summed E-state index contributed by atoms with van der Waals surface area (Å²) in [4.78, 5) is 12.3. The molecule has 4 nitrogen and oxygen atoms in total. The van der Waals surface area contributed by atoms with Gasteiger partial charge in [-0.2, -0.15) is 0 Å². The molecule has 2 rings (SSSR count). The van der Waals surface area contributed by atoms with Crippen molar-refractivity contribution < 1.29 is 14.3 Å². The summed E-state index contributed by atoms with van der Waals surface area (Å²) in [5.41, 5.74) is 2.80. The van der Waals surface area contributed by atoms with Crippen molar-refractivity contribution in [3.05, 3.63) is 59.2 Å². The molecule has 22 heavy (non-hydrogen) atoms. The molecule has 0 bridgehead atoms. The molecule has 0 spiro atoms. The summed E-state index contributed by atoms with van der Waals surface area (Å²) in [6.07, 6.45) is 0. The van der Waals surface area contributed by atoms with Crippen molar-refractivity contribution >= 4 is 5.91 Å². The van der Waals surface area contributed by atoms with Gasteiger partial charge in [0, 0.05) is 12.1 Å². The van der Waals surface area contributed by atoms with Gasteiger partial charge in [-0.05, 0) is 37.6 Å². The van der Waals surface area contributed by atoms with Crippen LogP contribution in [0, 0.1) is 6.92 Å². The normalized spacial score (nSPS) is 10.1. The summed E-state index contributed by atoms with van der Waals surface area (Å²) >= 11 is 0. The standard InChI is InChI=1S/C18H21NO3/c1-4-22-17-11-15(8-9-16(17)21-3)18(20)19-12-14-7-5-6-13(2)10-14/h5-11H,4,12H2,1-3H3,(H,19,20). The molecule has 0 aliphatic rings. The third kappa shape index (κ3) is 4.01. The van der Waals surface area contributed by atoms with Gasteiger partial charge in [-0.15, -0.1) is 0 Å². The molecule has 0 saturated heterocycles. The van der Waals surface area contributed by atoms with E-state index in [0.29, 0.717) is 30.2 Å². The number of hydrogen-bond acceptors (Lipinski definition) is 3. The van der Waals surface area contributed by atoms with Gasteiger partial charge in [0.15, 0.2) is 11.5 Å². The van der Waals surface area contributed by atoms with E-state index in [-0.39, 0.29) is 5.91 Å². The Hall–Kier alpha value is -2.49. The summed E-state index contributed by atoms with van der Waals surface area (Å²) in [6, 6.07) is 13.2. The van der Waals surface area contributed by atoms with Gasteiger partial charge in [-0.3, -0.25) is 4.79 Å². The molecule has 0 atom stereocenters. The number of carbonyl (C=O) groups is 1. The van der Waals surface area contributed by atoms with Crippen molar-refractivity contribution in [3.63, 3.8) is 0 Å². The van der Waals surface area contributed by atoms with Gasteiger partial charge in [0.05, 0.1) is 13.7 Å². The Morgan fingerprint density at radius 2 is 1.95 bits per heavy atom. The van der Waals surface area contributed by atoms with Gasteiger partial charge >= 0.3 is 0 Å². The van der Waals surface area contributed by atoms with E-state index in [9.17, 15) is 4.79 Å². The molecule has 0 fully saturated rings. The zero-order valence-electron chi connectivity index (χ0n) is 13.2. The Balaban J connectivity index is 2.07. The minimum Gasteiger partial charge on any atom is -0.493 e. The number of aryl methyl sites for hydroxylation is 1. The Morgan fingerprint density at radius 1 is 1.14 bits per heavy atom. The van der Waals surface area contributed by atoms with Crippen LogP contribution in [0.25, 0.3) is 0 Å². The highest BCUT2D eigenvalue weighted by Gasteiger charge is 2.11. The first-order chi connectivity index (χ1) is 10.6. The van der Waals surface area contributed by atoms with Crippen LogP contribution >= 0.6 is 0 Å². The topological polar surface area (TPSA) is 47.6 Å². The summed E-state index contributed by atoms with van der Waals surface area (Å²) in [5, 5.41) is 2.91. The molecular formula is C18H21NO3. The van der Waals surface area contributed by atoms with Crippen molar-refractivity contribution in [2.45, 2.75) is 20.4 Å². The van der Waals surface area contributed by atoms with Gasteiger partial charge in [-0.1, -0.05) is 29.8 Å². The lowest BCUT2D eigenvalue weighted by Crippen LogP contribution is -2.22. The molecule has 0 aliphatic heterocycles. The number of nitrogens with one attached hydrogen (secondary N) is 1. The highest BCUT2D eigenvalue weighted by atomic mass is 16.5. The average molecular weight is 299 g/mol. The largest absolute Gasteiger partial charge is 0.493 e. The fourth-order valence-electron chi connectivity index (χ4n) is 2.19. The van der Waals surface area contributed by atoms with Gasteiger partial charge in [0.1, 0.15) is 0 Å². The van der Waals surface area contributed by atoms with Gasteiger partial charge in [-0.25, -0.2) is 0 Å². The van der Waals surface area contributed by atoms with Gasteiger partial charge in [0.2, 0.25) is 0 Å². The molecule has 2 aromatic carbocycles. The molecule has 0 heterocycles. The van der Waals surface area contributed by atoms with E-state index in [1.807, 2.05) is 32.0 Å². The summed E-state index contributed by atoms with van der Waals surface area (Å²) in [7, 11) is 1.58. The minimum atomic E-state index is -0.134. The number of hydrogen-bond donors (Lipinski definition) is 1. The van der Waals surface area contributed by atoms with Crippen molar-refractivity contribution in [1.82, 2.24) is 5.32 Å². The van der Waals surface area contributed by atoms with Gasteiger partial charge in [0.25, 0.3) is 5.91 Å². The van der Waals surface area contributed by atoms with Crippen LogP contribution in [-0.2, 0) is 6.54 Å². The summed E-state index contributed by atoms with van der Waals surface area (Å²) in [6.45, 7) is 4.94. The number of ether oxygens (including phenoxy) is 2. The number of benzene rings is 2. The molecule has 0 radical (unpaired) electrons. The molecular weight excluding hydrogens is 278 g/mol. The van der Waals surface area contributed by atoms with Crippen LogP contribution in [-0.4, -0.2) is 19.6 Å². The fraction of sp³-hybridized carbons (Fsp3) is 0.278. The lowest BCUT2D eigenvalue weighted by atomic mass is 10.1. The van der Waals surface area contributed by atoms with E-state index >= 15 is 0 Å². The highest BCUT2D eigenvalue weighted by molar-refractivity contribution is 5.94. The molecule has 0 aliphatic carbocycles. The lowest BCUT2D eigenvalue weighted by molar-refractivity contribution is 0.0950. The number of rotatable bonds is 6. The predicted molar refractivity (Wildman–Crippen MR) is 86.5 cm³/mol. The second-order valence-electron chi connectivity index (χ2n) is 4.97. The van der Waals surface area contributed by atoms with Crippen LogP contribution in [0.15, 0.2) is 42.5 Å². The smallest absolute Gasteiger partial charge is 0.251 e. The monoisotopic (exact) mass is 299 g/mol. The quantitative estimate of drug-likeness (QED) is 0.890. The van der Waals surface area contributed by atoms with Crippen LogP contribution in [0.1, 0.15) is 28.4 Å². The van der Waals surface area contributed by atoms with E-state index in [4.69, 9.17) is 9.47 Å². The average Bonchev–Trinajstić information content (AvgIpc) is 2.53. The van der Waals surface area contributed by atoms with Crippen molar-refractivity contribution in [2.75, 3.05) is 13.7 Å². The Morgan fingerprint density at radius 3 is 2.64 bits per heavy atom. The molecule has 0 unspecified atom stereocenters. The first kappa shape index (κ1) is 15.9. The predicted octanol–water partition coefficient (Wildman–Crippen LogP) is 3.33. The Bertz CT molecular complexity index is 653. The molecule has 0 aromatic heterocycles. The van der Waals surface area contributed by atoms with Crippen molar-refractivity contribution in [3.8, 4) is 11.5 Å². The Labute approximate surface area is 131 Å². The molecule has 1 amide bonds. The molecule has 116 valence electrons. The van der Waals surface area contributed by atoms with E-state index in [1.165, 1.54) is 5.56 Å². The molecule has 1 N–H and O–H groups in total. The summed E-state index contributed by atoms with van der Waals surface area (Å²) < 4.78 is 10.7. The van der Waals surface area contributed by atoms with Crippen molar-refractivity contribution in [1.29, 1.82) is 0 Å². The number of amides is 1. The van der Waals surface area contributed by atoms with Crippen LogP contribution in [0.5, 0.6) is 11.5 Å². The second-order valence-corrected chi connectivity index (χ2v) is 4.97. The van der Waals surface area contributed by atoms with Crippen LogP contribution in [0.4, 0.5) is 0 Å². The highest BCUT2D eigenvalue weighted by Crippen LogP contribution is 2.28. The first-order valence-electron chi connectivity index (χ1n) is 7.28. The van der Waals surface area contributed by atoms with Crippen LogP contribution in [0.3, 0.4) is 0 Å². The maximum absolute atomic E-state index is 12.3. The molecule has 0 saturated carbocycles. The fourth-order valence-corrected chi connectivity index (χ4v) is 2.19. The third-order valence-corrected chi connectivity index (χ3v) is 3.26. The Kier molecular flexibility index (Phi) is 5.42. The SMILES string of the molecule is CCOc1cc(C(=O)NCc2cccc(C)c2)ccc1OC. The lowest BCUT2D eigenvalue weighted by Gasteiger charge is -2.11. The maximum atomic E-state index is 12.3. The third-order valence-electron chi connectivity index (χ3n) is 3.26. The van der Waals surface area contributed by atoms with Gasteiger partial charge < -0.3 is 14.8 Å². The number of carbonyl (C=O) groups excluding carboxylic acids is 1. The zero-order chi connectivity index (χ0) is 15.9.